The van der Waals surface area contributed by atoms with E-state index in [1.807, 2.05) is 30.3 Å². The van der Waals surface area contributed by atoms with Crippen LogP contribution in [-0.4, -0.2) is 11.7 Å². The van der Waals surface area contributed by atoms with Crippen LogP contribution in [0.2, 0.25) is 0 Å². The van der Waals surface area contributed by atoms with Gasteiger partial charge < -0.3 is 9.73 Å². The first kappa shape index (κ1) is 16.1. The van der Waals surface area contributed by atoms with Crippen molar-refractivity contribution < 1.29 is 9.21 Å². The highest BCUT2D eigenvalue weighted by atomic mass is 32.2. The van der Waals surface area contributed by atoms with Crippen LogP contribution in [-0.2, 0) is 0 Å². The van der Waals surface area contributed by atoms with Crippen LogP contribution in [0.4, 0.5) is 5.69 Å². The van der Waals surface area contributed by atoms with Crippen molar-refractivity contribution in [1.82, 2.24) is 0 Å². The zero-order valence-electron chi connectivity index (χ0n) is 12.8. The van der Waals surface area contributed by atoms with E-state index in [-0.39, 0.29) is 5.76 Å². The van der Waals surface area contributed by atoms with Crippen LogP contribution in [0.15, 0.2) is 81.4 Å². The van der Waals surface area contributed by atoms with Crippen LogP contribution in [0.5, 0.6) is 0 Å². The molecular formula is C19H15NO3S. The van der Waals surface area contributed by atoms with Gasteiger partial charge in [-0.15, -0.1) is 18.3 Å². The molecule has 2 aromatic carbocycles. The van der Waals surface area contributed by atoms with Crippen molar-refractivity contribution in [2.75, 3.05) is 11.1 Å². The highest BCUT2D eigenvalue weighted by molar-refractivity contribution is 7.99. The van der Waals surface area contributed by atoms with Crippen LogP contribution >= 0.6 is 11.8 Å². The molecule has 5 heteroatoms. The van der Waals surface area contributed by atoms with Crippen LogP contribution < -0.4 is 10.9 Å². The normalized spacial score (nSPS) is 10.5. The minimum absolute atomic E-state index is 0.0118. The molecule has 0 unspecified atom stereocenters. The van der Waals surface area contributed by atoms with E-state index < -0.39 is 11.5 Å². The predicted molar refractivity (Wildman–Crippen MR) is 97.8 cm³/mol. The second kappa shape index (κ2) is 7.19. The van der Waals surface area contributed by atoms with Crippen LogP contribution in [0, 0.1) is 0 Å². The number of rotatable bonds is 5. The van der Waals surface area contributed by atoms with E-state index >= 15 is 0 Å². The van der Waals surface area contributed by atoms with E-state index in [1.54, 1.807) is 42.1 Å². The van der Waals surface area contributed by atoms with Gasteiger partial charge >= 0.3 is 5.63 Å². The van der Waals surface area contributed by atoms with Crippen molar-refractivity contribution in [3.63, 3.8) is 0 Å². The molecule has 24 heavy (non-hydrogen) atoms. The van der Waals surface area contributed by atoms with Gasteiger partial charge in [0.05, 0.1) is 11.1 Å². The number of hydrogen-bond donors (Lipinski definition) is 1. The molecule has 0 saturated carbocycles. The Kier molecular flexibility index (Phi) is 4.82. The highest BCUT2D eigenvalue weighted by Crippen LogP contribution is 2.27. The number of fused-ring (bicyclic) bond motifs is 1. The average Bonchev–Trinajstić information content (AvgIpc) is 2.61. The summed E-state index contributed by atoms with van der Waals surface area (Å²) in [6.45, 7) is 3.69. The molecule has 0 saturated heterocycles. The van der Waals surface area contributed by atoms with E-state index in [2.05, 4.69) is 11.9 Å². The molecule has 0 radical (unpaired) electrons. The molecule has 1 heterocycles. The molecule has 0 aliphatic carbocycles. The van der Waals surface area contributed by atoms with Crippen molar-refractivity contribution in [3.8, 4) is 0 Å². The van der Waals surface area contributed by atoms with Crippen molar-refractivity contribution in [3.05, 3.63) is 83.4 Å². The molecule has 1 aromatic heterocycles. The third-order valence-corrected chi connectivity index (χ3v) is 4.46. The standard InChI is InChI=1S/C19H15NO3S/c1-2-11-24-17-10-6-5-9-15(17)20-18(21)16-12-13-7-3-4-8-14(13)19(22)23-16/h2-10,12H,1,11H2,(H,20,21). The lowest BCUT2D eigenvalue weighted by Gasteiger charge is -2.09. The Morgan fingerprint density at radius 1 is 1.17 bits per heavy atom. The molecule has 3 aromatic rings. The Balaban J connectivity index is 1.91. The Morgan fingerprint density at radius 3 is 2.75 bits per heavy atom. The van der Waals surface area contributed by atoms with Crippen molar-refractivity contribution in [1.29, 1.82) is 0 Å². The topological polar surface area (TPSA) is 59.3 Å². The second-order valence-electron chi connectivity index (χ2n) is 5.04. The maximum atomic E-state index is 12.5. The molecule has 0 spiro atoms. The minimum atomic E-state index is -0.521. The van der Waals surface area contributed by atoms with Crippen LogP contribution in [0.1, 0.15) is 10.6 Å². The smallest absolute Gasteiger partial charge is 0.344 e. The monoisotopic (exact) mass is 337 g/mol. The summed E-state index contributed by atoms with van der Waals surface area (Å²) in [5, 5.41) is 3.93. The van der Waals surface area contributed by atoms with Gasteiger partial charge in [-0.3, -0.25) is 4.79 Å². The van der Waals surface area contributed by atoms with Gasteiger partial charge in [0, 0.05) is 10.6 Å². The highest BCUT2D eigenvalue weighted by Gasteiger charge is 2.14. The Hall–Kier alpha value is -2.79. The molecule has 4 nitrogen and oxygen atoms in total. The number of carbonyl (C=O) groups excluding carboxylic acids is 1. The number of amides is 1. The fraction of sp³-hybridized carbons (Fsp3) is 0.0526. The number of benzene rings is 2. The zero-order chi connectivity index (χ0) is 16.9. The molecular weight excluding hydrogens is 322 g/mol. The largest absolute Gasteiger partial charge is 0.417 e. The quantitative estimate of drug-likeness (QED) is 0.556. The lowest BCUT2D eigenvalue weighted by Crippen LogP contribution is -2.15. The Labute approximate surface area is 143 Å². The second-order valence-corrected chi connectivity index (χ2v) is 6.10. The maximum absolute atomic E-state index is 12.5. The summed E-state index contributed by atoms with van der Waals surface area (Å²) >= 11 is 1.56. The van der Waals surface area contributed by atoms with Crippen molar-refractivity contribution in [2.45, 2.75) is 4.90 Å². The van der Waals surface area contributed by atoms with Gasteiger partial charge in [-0.05, 0) is 29.7 Å². The molecule has 0 aliphatic rings. The number of hydrogen-bond acceptors (Lipinski definition) is 4. The Bertz CT molecular complexity index is 962. The van der Waals surface area contributed by atoms with Gasteiger partial charge in [0.2, 0.25) is 0 Å². The third kappa shape index (κ3) is 3.41. The van der Waals surface area contributed by atoms with Gasteiger partial charge in [-0.25, -0.2) is 4.79 Å². The summed E-state index contributed by atoms with van der Waals surface area (Å²) in [7, 11) is 0. The summed E-state index contributed by atoms with van der Waals surface area (Å²) in [6.07, 6.45) is 1.80. The molecule has 120 valence electrons. The molecule has 0 fully saturated rings. The fourth-order valence-electron chi connectivity index (χ4n) is 2.27. The average molecular weight is 337 g/mol. The molecule has 1 amide bonds. The van der Waals surface area contributed by atoms with E-state index in [4.69, 9.17) is 4.42 Å². The lowest BCUT2D eigenvalue weighted by molar-refractivity contribution is 0.0993. The zero-order valence-corrected chi connectivity index (χ0v) is 13.6. The first-order chi connectivity index (χ1) is 11.7. The van der Waals surface area contributed by atoms with Crippen LogP contribution in [0.3, 0.4) is 0 Å². The van der Waals surface area contributed by atoms with Gasteiger partial charge in [0.1, 0.15) is 0 Å². The summed E-state index contributed by atoms with van der Waals surface area (Å²) in [5.41, 5.74) is 0.151. The molecule has 3 rings (SSSR count). The summed E-state index contributed by atoms with van der Waals surface area (Å²) in [5.74, 6) is 0.268. The van der Waals surface area contributed by atoms with Gasteiger partial charge in [-0.1, -0.05) is 36.4 Å². The van der Waals surface area contributed by atoms with E-state index in [0.717, 1.165) is 10.6 Å². The van der Waals surface area contributed by atoms with E-state index in [9.17, 15) is 9.59 Å². The lowest BCUT2D eigenvalue weighted by atomic mass is 10.1. The predicted octanol–water partition coefficient (Wildman–Crippen LogP) is 4.32. The molecule has 0 aliphatic heterocycles. The number of para-hydroxylation sites is 1. The Morgan fingerprint density at radius 2 is 1.92 bits per heavy atom. The van der Waals surface area contributed by atoms with Gasteiger partial charge in [0.15, 0.2) is 5.76 Å². The summed E-state index contributed by atoms with van der Waals surface area (Å²) in [6, 6.07) is 16.0. The van der Waals surface area contributed by atoms with Crippen molar-refractivity contribution >= 4 is 34.1 Å². The number of anilines is 1. The molecule has 1 N–H and O–H groups in total. The SMILES string of the molecule is C=CCSc1ccccc1NC(=O)c1cc2ccccc2c(=O)o1. The summed E-state index contributed by atoms with van der Waals surface area (Å²) in [4.78, 5) is 25.4. The number of carbonyl (C=O) groups is 1. The fourth-order valence-corrected chi connectivity index (χ4v) is 3.02. The minimum Gasteiger partial charge on any atom is -0.417 e. The van der Waals surface area contributed by atoms with Crippen LogP contribution in [0.25, 0.3) is 10.8 Å². The molecule has 0 bridgehead atoms. The van der Waals surface area contributed by atoms with Crippen molar-refractivity contribution in [2.24, 2.45) is 0 Å². The molecule has 0 atom stereocenters. The number of nitrogens with one attached hydrogen (secondary N) is 1. The van der Waals surface area contributed by atoms with Gasteiger partial charge in [-0.2, -0.15) is 0 Å². The first-order valence-corrected chi connectivity index (χ1v) is 8.34. The summed E-state index contributed by atoms with van der Waals surface area (Å²) < 4.78 is 5.15. The van der Waals surface area contributed by atoms with E-state index in [0.29, 0.717) is 16.5 Å². The maximum Gasteiger partial charge on any atom is 0.344 e. The van der Waals surface area contributed by atoms with Gasteiger partial charge in [0.25, 0.3) is 5.91 Å². The van der Waals surface area contributed by atoms with E-state index in [1.165, 1.54) is 0 Å². The third-order valence-electron chi connectivity index (χ3n) is 3.39. The first-order valence-electron chi connectivity index (χ1n) is 7.36. The number of thioether (sulfide) groups is 1.